The van der Waals surface area contributed by atoms with E-state index in [-0.39, 0.29) is 16.8 Å². The van der Waals surface area contributed by atoms with Crippen LogP contribution in [0.15, 0.2) is 53.4 Å². The monoisotopic (exact) mass is 416 g/mol. The number of aryl methyl sites for hydroxylation is 1. The number of methoxy groups -OCH3 is 1. The molecule has 29 heavy (non-hydrogen) atoms. The van der Waals surface area contributed by atoms with Gasteiger partial charge in [-0.05, 0) is 54.7 Å². The van der Waals surface area contributed by atoms with Gasteiger partial charge in [-0.2, -0.15) is 0 Å². The van der Waals surface area contributed by atoms with Crippen molar-refractivity contribution >= 4 is 15.9 Å². The molecular weight excluding hydrogens is 388 g/mol. The maximum atomic E-state index is 12.6. The number of sulfonamides is 1. The minimum atomic E-state index is -3.54. The molecule has 6 nitrogen and oxygen atoms in total. The molecule has 2 aromatic rings. The van der Waals surface area contributed by atoms with Gasteiger partial charge in [-0.3, -0.25) is 4.79 Å². The van der Waals surface area contributed by atoms with Crippen molar-refractivity contribution in [1.82, 2.24) is 9.62 Å². The SMILES string of the molecule is CCc1ccc(S(=O)(=O)NC2CCN(C(=O)Cc3ccc(OC)cc3)CC2)cc1. The molecule has 0 radical (unpaired) electrons. The van der Waals surface area contributed by atoms with Crippen molar-refractivity contribution in [2.24, 2.45) is 0 Å². The van der Waals surface area contributed by atoms with Crippen molar-refractivity contribution in [2.75, 3.05) is 20.2 Å². The average molecular weight is 417 g/mol. The molecule has 0 aromatic heterocycles. The van der Waals surface area contributed by atoms with Gasteiger partial charge < -0.3 is 9.64 Å². The van der Waals surface area contributed by atoms with Gasteiger partial charge >= 0.3 is 0 Å². The zero-order valence-corrected chi connectivity index (χ0v) is 17.7. The summed E-state index contributed by atoms with van der Waals surface area (Å²) in [6.07, 6.45) is 2.43. The van der Waals surface area contributed by atoms with Crippen molar-refractivity contribution in [3.05, 3.63) is 59.7 Å². The molecule has 156 valence electrons. The molecule has 1 amide bonds. The highest BCUT2D eigenvalue weighted by Gasteiger charge is 2.26. The lowest BCUT2D eigenvalue weighted by Gasteiger charge is -2.32. The molecule has 1 aliphatic rings. The molecule has 0 bridgehead atoms. The molecule has 1 N–H and O–H groups in total. The van der Waals surface area contributed by atoms with Gasteiger partial charge in [-0.15, -0.1) is 0 Å². The second kappa shape index (κ2) is 9.41. The van der Waals surface area contributed by atoms with Gasteiger partial charge in [-0.1, -0.05) is 31.2 Å². The highest BCUT2D eigenvalue weighted by atomic mass is 32.2. The van der Waals surface area contributed by atoms with Crippen LogP contribution in [0, 0.1) is 0 Å². The van der Waals surface area contributed by atoms with Gasteiger partial charge in [0, 0.05) is 19.1 Å². The van der Waals surface area contributed by atoms with Gasteiger partial charge in [-0.25, -0.2) is 13.1 Å². The molecule has 3 rings (SSSR count). The summed E-state index contributed by atoms with van der Waals surface area (Å²) in [5.41, 5.74) is 2.04. The summed E-state index contributed by atoms with van der Waals surface area (Å²) in [5, 5.41) is 0. The average Bonchev–Trinajstić information content (AvgIpc) is 2.74. The Bertz CT molecular complexity index is 916. The molecule has 1 heterocycles. The number of nitrogens with zero attached hydrogens (tertiary/aromatic N) is 1. The second-order valence-electron chi connectivity index (χ2n) is 7.30. The third-order valence-corrected chi connectivity index (χ3v) is 6.86. The number of carbonyl (C=O) groups is 1. The third kappa shape index (κ3) is 5.58. The standard InChI is InChI=1S/C22H28N2O4S/c1-3-17-6-10-21(11-7-17)29(26,27)23-19-12-14-24(15-13-19)22(25)16-18-4-8-20(28-2)9-5-18/h4-11,19,23H,3,12-16H2,1-2H3. The summed E-state index contributed by atoms with van der Waals surface area (Å²) in [5.74, 6) is 0.824. The molecule has 0 atom stereocenters. The van der Waals surface area contributed by atoms with Crippen LogP contribution in [0.4, 0.5) is 0 Å². The molecule has 1 aliphatic heterocycles. The molecule has 0 unspecified atom stereocenters. The molecule has 2 aromatic carbocycles. The number of carbonyl (C=O) groups excluding carboxylic acids is 1. The molecule has 7 heteroatoms. The Labute approximate surface area is 172 Å². The second-order valence-corrected chi connectivity index (χ2v) is 9.01. The molecule has 0 aliphatic carbocycles. The van der Waals surface area contributed by atoms with Crippen molar-refractivity contribution in [2.45, 2.75) is 43.5 Å². The number of nitrogens with one attached hydrogen (secondary N) is 1. The number of likely N-dealkylation sites (tertiary alicyclic amines) is 1. The maximum absolute atomic E-state index is 12.6. The first-order chi connectivity index (χ1) is 13.9. The van der Waals surface area contributed by atoms with E-state index in [9.17, 15) is 13.2 Å². The van der Waals surface area contributed by atoms with Crippen molar-refractivity contribution in [1.29, 1.82) is 0 Å². The van der Waals surface area contributed by atoms with E-state index in [1.54, 1.807) is 19.2 Å². The predicted octanol–water partition coefficient (Wildman–Crippen LogP) is 2.77. The Morgan fingerprint density at radius 3 is 2.17 bits per heavy atom. The van der Waals surface area contributed by atoms with Gasteiger partial charge in [0.25, 0.3) is 0 Å². The Balaban J connectivity index is 1.51. The van der Waals surface area contributed by atoms with Crippen LogP contribution in [0.3, 0.4) is 0 Å². The number of amides is 1. The predicted molar refractivity (Wildman–Crippen MR) is 112 cm³/mol. The fraction of sp³-hybridized carbons (Fsp3) is 0.409. The lowest BCUT2D eigenvalue weighted by Crippen LogP contribution is -2.46. The van der Waals surface area contributed by atoms with E-state index >= 15 is 0 Å². The van der Waals surface area contributed by atoms with Gasteiger partial charge in [0.1, 0.15) is 5.75 Å². The Morgan fingerprint density at radius 1 is 1.03 bits per heavy atom. The number of benzene rings is 2. The number of hydrogen-bond acceptors (Lipinski definition) is 4. The molecule has 1 saturated heterocycles. The highest BCUT2D eigenvalue weighted by Crippen LogP contribution is 2.18. The zero-order chi connectivity index (χ0) is 20.9. The van der Waals surface area contributed by atoms with Crippen LogP contribution < -0.4 is 9.46 Å². The van der Waals surface area contributed by atoms with Crippen LogP contribution in [-0.4, -0.2) is 45.5 Å². The van der Waals surface area contributed by atoms with E-state index in [1.165, 1.54) is 0 Å². The summed E-state index contributed by atoms with van der Waals surface area (Å²) < 4.78 is 33.1. The van der Waals surface area contributed by atoms with Crippen LogP contribution in [0.1, 0.15) is 30.9 Å². The summed E-state index contributed by atoms with van der Waals surface area (Å²) >= 11 is 0. The lowest BCUT2D eigenvalue weighted by molar-refractivity contribution is -0.131. The molecule has 0 saturated carbocycles. The Morgan fingerprint density at radius 2 is 1.62 bits per heavy atom. The summed E-state index contributed by atoms with van der Waals surface area (Å²) in [6, 6.07) is 14.3. The van der Waals surface area contributed by atoms with Crippen LogP contribution in [0.2, 0.25) is 0 Å². The van der Waals surface area contributed by atoms with Crippen molar-refractivity contribution in [3.8, 4) is 5.75 Å². The van der Waals surface area contributed by atoms with Crippen LogP contribution in [0.25, 0.3) is 0 Å². The fourth-order valence-electron chi connectivity index (χ4n) is 3.47. The summed E-state index contributed by atoms with van der Waals surface area (Å²) in [4.78, 5) is 14.6. The number of hydrogen-bond donors (Lipinski definition) is 1. The number of piperidine rings is 1. The largest absolute Gasteiger partial charge is 0.497 e. The maximum Gasteiger partial charge on any atom is 0.240 e. The van der Waals surface area contributed by atoms with Crippen LogP contribution >= 0.6 is 0 Å². The Hall–Kier alpha value is -2.38. The summed E-state index contributed by atoms with van der Waals surface area (Å²) in [6.45, 7) is 3.14. The first-order valence-electron chi connectivity index (χ1n) is 9.93. The highest BCUT2D eigenvalue weighted by molar-refractivity contribution is 7.89. The fourth-order valence-corrected chi connectivity index (χ4v) is 4.77. The first kappa shape index (κ1) is 21.3. The topological polar surface area (TPSA) is 75.7 Å². The lowest BCUT2D eigenvalue weighted by atomic mass is 10.0. The minimum Gasteiger partial charge on any atom is -0.497 e. The molecule has 1 fully saturated rings. The number of rotatable bonds is 7. The van der Waals surface area contributed by atoms with Gasteiger partial charge in [0.05, 0.1) is 18.4 Å². The van der Waals surface area contributed by atoms with E-state index in [0.717, 1.165) is 23.3 Å². The van der Waals surface area contributed by atoms with E-state index < -0.39 is 10.0 Å². The number of ether oxygens (including phenoxy) is 1. The molecular formula is C22H28N2O4S. The quantitative estimate of drug-likeness (QED) is 0.753. The smallest absolute Gasteiger partial charge is 0.240 e. The third-order valence-electron chi connectivity index (χ3n) is 5.33. The van der Waals surface area contributed by atoms with E-state index in [2.05, 4.69) is 4.72 Å². The van der Waals surface area contributed by atoms with Gasteiger partial charge in [0.2, 0.25) is 15.9 Å². The molecule has 0 spiro atoms. The van der Waals surface area contributed by atoms with E-state index in [4.69, 9.17) is 4.74 Å². The minimum absolute atomic E-state index is 0.0617. The van der Waals surface area contributed by atoms with Crippen molar-refractivity contribution < 1.29 is 17.9 Å². The van der Waals surface area contributed by atoms with Gasteiger partial charge in [0.15, 0.2) is 0 Å². The first-order valence-corrected chi connectivity index (χ1v) is 11.4. The van der Waals surface area contributed by atoms with E-state index in [1.807, 2.05) is 48.2 Å². The Kier molecular flexibility index (Phi) is 6.92. The van der Waals surface area contributed by atoms with E-state index in [0.29, 0.717) is 32.4 Å². The van der Waals surface area contributed by atoms with Crippen LogP contribution in [0.5, 0.6) is 5.75 Å². The summed E-state index contributed by atoms with van der Waals surface area (Å²) in [7, 11) is -1.93. The zero-order valence-electron chi connectivity index (χ0n) is 16.9. The normalized spacial score (nSPS) is 15.3. The van der Waals surface area contributed by atoms with Crippen LogP contribution in [-0.2, 0) is 27.7 Å². The van der Waals surface area contributed by atoms with Crippen molar-refractivity contribution in [3.63, 3.8) is 0 Å².